The van der Waals surface area contributed by atoms with Gasteiger partial charge in [-0.25, -0.2) is 4.39 Å². The number of rotatable bonds is 3. The fourth-order valence-electron chi connectivity index (χ4n) is 2.34. The van der Waals surface area contributed by atoms with Crippen molar-refractivity contribution in [1.82, 2.24) is 5.32 Å². The van der Waals surface area contributed by atoms with Gasteiger partial charge < -0.3 is 10.1 Å². The third-order valence-corrected chi connectivity index (χ3v) is 3.51. The van der Waals surface area contributed by atoms with Gasteiger partial charge in [-0.15, -0.1) is 0 Å². The largest absolute Gasteiger partial charge is 0.490 e. The van der Waals surface area contributed by atoms with E-state index < -0.39 is 5.67 Å². The molecule has 17 heavy (non-hydrogen) atoms. The van der Waals surface area contributed by atoms with Crippen LogP contribution in [-0.2, 0) is 5.67 Å². The van der Waals surface area contributed by atoms with Crippen LogP contribution in [0.2, 0.25) is 0 Å². The van der Waals surface area contributed by atoms with Crippen LogP contribution in [0.4, 0.5) is 4.39 Å². The molecule has 3 heteroatoms. The SMILES string of the molecule is FC1(c2cccc(OC3CC3)c2)CCCNC1. The molecule has 1 heterocycles. The summed E-state index contributed by atoms with van der Waals surface area (Å²) in [6.45, 7) is 1.34. The highest BCUT2D eigenvalue weighted by atomic mass is 19.1. The number of halogens is 1. The molecule has 3 rings (SSSR count). The molecule has 1 N–H and O–H groups in total. The number of nitrogens with one attached hydrogen (secondary N) is 1. The van der Waals surface area contributed by atoms with Gasteiger partial charge in [-0.2, -0.15) is 0 Å². The lowest BCUT2D eigenvalue weighted by molar-refractivity contribution is 0.121. The number of alkyl halides is 1. The molecule has 1 saturated heterocycles. The molecule has 0 spiro atoms. The third kappa shape index (κ3) is 2.44. The summed E-state index contributed by atoms with van der Waals surface area (Å²) in [6.07, 6.45) is 4.13. The van der Waals surface area contributed by atoms with Crippen LogP contribution in [0, 0.1) is 0 Å². The lowest BCUT2D eigenvalue weighted by Crippen LogP contribution is -2.40. The second-order valence-corrected chi connectivity index (χ2v) is 5.09. The van der Waals surface area contributed by atoms with E-state index >= 15 is 0 Å². The maximum Gasteiger partial charge on any atom is 0.148 e. The fourth-order valence-corrected chi connectivity index (χ4v) is 2.34. The number of piperidine rings is 1. The van der Waals surface area contributed by atoms with Crippen LogP contribution in [0.3, 0.4) is 0 Å². The Labute approximate surface area is 101 Å². The first-order valence-electron chi connectivity index (χ1n) is 6.43. The molecule has 1 aromatic rings. The van der Waals surface area contributed by atoms with Crippen molar-refractivity contribution in [2.24, 2.45) is 0 Å². The van der Waals surface area contributed by atoms with Gasteiger partial charge in [-0.3, -0.25) is 0 Å². The molecular formula is C14H18FNO. The van der Waals surface area contributed by atoms with E-state index in [0.717, 1.165) is 37.1 Å². The number of hydrogen-bond donors (Lipinski definition) is 1. The topological polar surface area (TPSA) is 21.3 Å². The van der Waals surface area contributed by atoms with E-state index in [4.69, 9.17) is 4.74 Å². The van der Waals surface area contributed by atoms with E-state index in [9.17, 15) is 4.39 Å². The molecule has 2 aliphatic rings. The number of hydrogen-bond acceptors (Lipinski definition) is 2. The Morgan fingerprint density at radius 2 is 2.24 bits per heavy atom. The minimum Gasteiger partial charge on any atom is -0.490 e. The van der Waals surface area contributed by atoms with Gasteiger partial charge in [0.2, 0.25) is 0 Å². The van der Waals surface area contributed by atoms with Crippen molar-refractivity contribution >= 4 is 0 Å². The standard InChI is InChI=1S/C14H18FNO/c15-14(7-2-8-16-10-14)11-3-1-4-13(9-11)17-12-5-6-12/h1,3-4,9,12,16H,2,5-8,10H2. The van der Waals surface area contributed by atoms with Gasteiger partial charge in [0.1, 0.15) is 11.4 Å². The lowest BCUT2D eigenvalue weighted by Gasteiger charge is -2.30. The predicted octanol–water partition coefficient (Wildman–Crippen LogP) is 2.78. The first-order valence-corrected chi connectivity index (χ1v) is 6.43. The van der Waals surface area contributed by atoms with Crippen molar-refractivity contribution in [3.63, 3.8) is 0 Å². The fraction of sp³-hybridized carbons (Fsp3) is 0.571. The Hall–Kier alpha value is -1.09. The first-order chi connectivity index (χ1) is 8.26. The van der Waals surface area contributed by atoms with E-state index in [1.54, 1.807) is 0 Å². The Morgan fingerprint density at radius 3 is 2.94 bits per heavy atom. The Morgan fingerprint density at radius 1 is 1.35 bits per heavy atom. The quantitative estimate of drug-likeness (QED) is 0.869. The molecule has 0 radical (unpaired) electrons. The molecule has 1 aromatic carbocycles. The zero-order chi connectivity index (χ0) is 11.7. The van der Waals surface area contributed by atoms with Crippen LogP contribution in [0.1, 0.15) is 31.2 Å². The zero-order valence-corrected chi connectivity index (χ0v) is 9.92. The van der Waals surface area contributed by atoms with Gasteiger partial charge in [0.25, 0.3) is 0 Å². The van der Waals surface area contributed by atoms with Gasteiger partial charge in [0.05, 0.1) is 6.10 Å². The Kier molecular flexibility index (Phi) is 2.79. The molecule has 0 amide bonds. The molecule has 1 unspecified atom stereocenters. The van der Waals surface area contributed by atoms with E-state index in [2.05, 4.69) is 5.32 Å². The summed E-state index contributed by atoms with van der Waals surface area (Å²) in [5.74, 6) is 0.813. The maximum absolute atomic E-state index is 14.7. The molecule has 92 valence electrons. The zero-order valence-electron chi connectivity index (χ0n) is 9.92. The number of benzene rings is 1. The summed E-state index contributed by atoms with van der Waals surface area (Å²) in [7, 11) is 0. The molecule has 2 nitrogen and oxygen atoms in total. The molecule has 2 fully saturated rings. The maximum atomic E-state index is 14.7. The van der Waals surface area contributed by atoms with Crippen LogP contribution in [0.25, 0.3) is 0 Å². The summed E-state index contributed by atoms with van der Waals surface area (Å²) in [5.41, 5.74) is -0.468. The normalized spacial score (nSPS) is 29.0. The molecule has 0 aromatic heterocycles. The molecule has 1 aliphatic carbocycles. The van der Waals surface area contributed by atoms with Crippen LogP contribution in [-0.4, -0.2) is 19.2 Å². The molecule has 1 saturated carbocycles. The molecular weight excluding hydrogens is 217 g/mol. The van der Waals surface area contributed by atoms with Crippen molar-refractivity contribution in [3.05, 3.63) is 29.8 Å². The first kappa shape index (κ1) is 11.0. The van der Waals surface area contributed by atoms with Crippen LogP contribution in [0.5, 0.6) is 5.75 Å². The van der Waals surface area contributed by atoms with Crippen molar-refractivity contribution in [1.29, 1.82) is 0 Å². The molecule has 1 aliphatic heterocycles. The summed E-state index contributed by atoms with van der Waals surface area (Å²) in [5, 5.41) is 3.13. The highest BCUT2D eigenvalue weighted by molar-refractivity contribution is 5.33. The van der Waals surface area contributed by atoms with Crippen molar-refractivity contribution in [3.8, 4) is 5.75 Å². The van der Waals surface area contributed by atoms with Crippen LogP contribution in [0.15, 0.2) is 24.3 Å². The highest BCUT2D eigenvalue weighted by Gasteiger charge is 2.34. The predicted molar refractivity (Wildman–Crippen MR) is 65.0 cm³/mol. The second kappa shape index (κ2) is 4.30. The van der Waals surface area contributed by atoms with Crippen molar-refractivity contribution in [2.45, 2.75) is 37.5 Å². The van der Waals surface area contributed by atoms with Gasteiger partial charge in [0, 0.05) is 6.54 Å². The van der Waals surface area contributed by atoms with Crippen LogP contribution < -0.4 is 10.1 Å². The van der Waals surface area contributed by atoms with Crippen molar-refractivity contribution < 1.29 is 9.13 Å². The number of ether oxygens (including phenoxy) is 1. The summed E-state index contributed by atoms with van der Waals surface area (Å²) in [4.78, 5) is 0. The van der Waals surface area contributed by atoms with Crippen LogP contribution >= 0.6 is 0 Å². The Balaban J connectivity index is 1.80. The summed E-state index contributed by atoms with van der Waals surface area (Å²) >= 11 is 0. The van der Waals surface area contributed by atoms with E-state index in [-0.39, 0.29) is 0 Å². The van der Waals surface area contributed by atoms with Gasteiger partial charge in [-0.1, -0.05) is 12.1 Å². The molecule has 0 bridgehead atoms. The second-order valence-electron chi connectivity index (χ2n) is 5.09. The average molecular weight is 235 g/mol. The highest BCUT2D eigenvalue weighted by Crippen LogP contribution is 2.35. The van der Waals surface area contributed by atoms with Gasteiger partial charge >= 0.3 is 0 Å². The van der Waals surface area contributed by atoms with Crippen molar-refractivity contribution in [2.75, 3.05) is 13.1 Å². The Bertz CT molecular complexity index is 397. The average Bonchev–Trinajstić information content (AvgIpc) is 3.14. The lowest BCUT2D eigenvalue weighted by atomic mass is 9.88. The summed E-state index contributed by atoms with van der Waals surface area (Å²) < 4.78 is 20.4. The minimum atomic E-state index is -1.22. The minimum absolute atomic E-state index is 0.366. The molecule has 1 atom stereocenters. The summed E-state index contributed by atoms with van der Waals surface area (Å²) in [6, 6.07) is 7.54. The van der Waals surface area contributed by atoms with E-state index in [1.165, 1.54) is 0 Å². The van der Waals surface area contributed by atoms with Gasteiger partial charge in [-0.05, 0) is 49.9 Å². The van der Waals surface area contributed by atoms with Gasteiger partial charge in [0.15, 0.2) is 0 Å². The third-order valence-electron chi connectivity index (χ3n) is 3.51. The van der Waals surface area contributed by atoms with E-state index in [0.29, 0.717) is 19.1 Å². The monoisotopic (exact) mass is 235 g/mol. The smallest absolute Gasteiger partial charge is 0.148 e. The van der Waals surface area contributed by atoms with E-state index in [1.807, 2.05) is 24.3 Å².